The Balaban J connectivity index is 2.91. The van der Waals surface area contributed by atoms with Crippen LogP contribution in [0.3, 0.4) is 0 Å². The minimum atomic E-state index is -0.421. The van der Waals surface area contributed by atoms with Crippen LogP contribution in [0.5, 0.6) is 0 Å². The molecule has 1 heterocycles. The molecule has 0 aliphatic heterocycles. The molecule has 0 saturated carbocycles. The molecular formula is C9H5FN2O. The fraction of sp³-hybridized carbons (Fsp3) is 0. The predicted molar refractivity (Wildman–Crippen MR) is 43.8 cm³/mol. The van der Waals surface area contributed by atoms with Crippen molar-refractivity contribution in [2.45, 2.75) is 0 Å². The number of rotatable bonds is 0. The van der Waals surface area contributed by atoms with Gasteiger partial charge in [-0.2, -0.15) is 9.99 Å². The number of aromatic nitrogens is 1. The summed E-state index contributed by atoms with van der Waals surface area (Å²) in [5.74, 6) is -0.421. The van der Waals surface area contributed by atoms with Gasteiger partial charge in [-0.25, -0.2) is 4.39 Å². The third-order valence-electron chi connectivity index (χ3n) is 1.87. The number of hydrogen-bond donors (Lipinski definition) is 1. The molecule has 2 rings (SSSR count). The van der Waals surface area contributed by atoms with Crippen molar-refractivity contribution in [1.82, 2.24) is 4.73 Å². The van der Waals surface area contributed by atoms with Crippen molar-refractivity contribution in [1.29, 1.82) is 5.26 Å². The number of halogens is 1. The average molecular weight is 176 g/mol. The third kappa shape index (κ3) is 1.02. The molecule has 0 spiro atoms. The molecule has 0 radical (unpaired) electrons. The first-order valence-electron chi connectivity index (χ1n) is 3.62. The number of fused-ring (bicyclic) bond motifs is 1. The molecule has 0 bridgehead atoms. The van der Waals surface area contributed by atoms with Crippen LogP contribution in [0.25, 0.3) is 10.9 Å². The largest absolute Gasteiger partial charge is 0.428 e. The highest BCUT2D eigenvalue weighted by Gasteiger charge is 2.07. The van der Waals surface area contributed by atoms with Gasteiger partial charge in [-0.15, -0.1) is 0 Å². The molecule has 0 unspecified atom stereocenters. The highest BCUT2D eigenvalue weighted by Crippen LogP contribution is 2.20. The number of nitrogens with zero attached hydrogens (tertiary/aromatic N) is 2. The van der Waals surface area contributed by atoms with Crippen molar-refractivity contribution in [2.75, 3.05) is 0 Å². The van der Waals surface area contributed by atoms with E-state index in [1.165, 1.54) is 24.4 Å². The predicted octanol–water partition coefficient (Wildman–Crippen LogP) is 1.89. The van der Waals surface area contributed by atoms with Crippen molar-refractivity contribution < 1.29 is 9.60 Å². The van der Waals surface area contributed by atoms with Crippen LogP contribution in [0, 0.1) is 17.1 Å². The molecule has 1 aromatic carbocycles. The summed E-state index contributed by atoms with van der Waals surface area (Å²) in [4.78, 5) is 0. The van der Waals surface area contributed by atoms with Gasteiger partial charge in [-0.1, -0.05) is 0 Å². The molecular weight excluding hydrogens is 171 g/mol. The van der Waals surface area contributed by atoms with E-state index in [1.807, 2.05) is 6.07 Å². The number of nitriles is 1. The highest BCUT2D eigenvalue weighted by molar-refractivity contribution is 5.86. The Bertz CT molecular complexity index is 510. The normalized spacial score (nSPS) is 10.2. The van der Waals surface area contributed by atoms with Crippen LogP contribution < -0.4 is 0 Å². The van der Waals surface area contributed by atoms with Crippen LogP contribution in [0.15, 0.2) is 24.4 Å². The van der Waals surface area contributed by atoms with E-state index in [4.69, 9.17) is 5.26 Å². The lowest BCUT2D eigenvalue weighted by atomic mass is 10.2. The van der Waals surface area contributed by atoms with Gasteiger partial charge in [0.1, 0.15) is 11.9 Å². The van der Waals surface area contributed by atoms with E-state index in [1.54, 1.807) is 0 Å². The van der Waals surface area contributed by atoms with Gasteiger partial charge in [0.2, 0.25) is 0 Å². The van der Waals surface area contributed by atoms with Crippen molar-refractivity contribution in [3.05, 3.63) is 35.8 Å². The minimum absolute atomic E-state index is 0.261. The first-order valence-corrected chi connectivity index (χ1v) is 3.62. The van der Waals surface area contributed by atoms with Gasteiger partial charge >= 0.3 is 0 Å². The maximum atomic E-state index is 12.8. The van der Waals surface area contributed by atoms with Crippen LogP contribution in [-0.2, 0) is 0 Å². The summed E-state index contributed by atoms with van der Waals surface area (Å²) >= 11 is 0. The molecule has 3 nitrogen and oxygen atoms in total. The maximum absolute atomic E-state index is 12.8. The van der Waals surface area contributed by atoms with E-state index >= 15 is 0 Å². The number of benzene rings is 1. The van der Waals surface area contributed by atoms with E-state index in [0.717, 1.165) is 4.73 Å². The first kappa shape index (κ1) is 7.62. The van der Waals surface area contributed by atoms with Crippen molar-refractivity contribution >= 4 is 10.9 Å². The zero-order chi connectivity index (χ0) is 9.42. The Morgan fingerprint density at radius 1 is 1.46 bits per heavy atom. The molecule has 1 aromatic heterocycles. The van der Waals surface area contributed by atoms with Gasteiger partial charge in [-0.05, 0) is 18.2 Å². The molecule has 4 heteroatoms. The molecule has 0 aliphatic rings. The fourth-order valence-corrected chi connectivity index (χ4v) is 1.27. The van der Waals surface area contributed by atoms with Crippen LogP contribution in [0.1, 0.15) is 5.56 Å². The topological polar surface area (TPSA) is 49.0 Å². The smallest absolute Gasteiger partial charge is 0.124 e. The average Bonchev–Trinajstić information content (AvgIpc) is 2.42. The van der Waals surface area contributed by atoms with E-state index in [-0.39, 0.29) is 5.56 Å². The van der Waals surface area contributed by atoms with Gasteiger partial charge in [0.15, 0.2) is 0 Å². The Morgan fingerprint density at radius 2 is 2.23 bits per heavy atom. The monoisotopic (exact) mass is 176 g/mol. The first-order chi connectivity index (χ1) is 6.22. The Morgan fingerprint density at radius 3 is 2.92 bits per heavy atom. The van der Waals surface area contributed by atoms with Gasteiger partial charge < -0.3 is 5.21 Å². The second-order valence-corrected chi connectivity index (χ2v) is 2.66. The summed E-state index contributed by atoms with van der Waals surface area (Å²) in [6.45, 7) is 0. The quantitative estimate of drug-likeness (QED) is 0.623. The summed E-state index contributed by atoms with van der Waals surface area (Å²) in [5.41, 5.74) is 0.690. The van der Waals surface area contributed by atoms with Crippen LogP contribution in [-0.4, -0.2) is 9.94 Å². The molecule has 0 fully saturated rings. The molecule has 0 aliphatic carbocycles. The van der Waals surface area contributed by atoms with Gasteiger partial charge in [0, 0.05) is 5.39 Å². The lowest BCUT2D eigenvalue weighted by Gasteiger charge is -1.93. The van der Waals surface area contributed by atoms with Crippen LogP contribution >= 0.6 is 0 Å². The Labute approximate surface area is 73.2 Å². The highest BCUT2D eigenvalue weighted by atomic mass is 19.1. The Kier molecular flexibility index (Phi) is 1.46. The fourth-order valence-electron chi connectivity index (χ4n) is 1.27. The van der Waals surface area contributed by atoms with Crippen LogP contribution in [0.2, 0.25) is 0 Å². The molecule has 2 aromatic rings. The maximum Gasteiger partial charge on any atom is 0.124 e. The third-order valence-corrected chi connectivity index (χ3v) is 1.87. The Hall–Kier alpha value is -2.02. The second-order valence-electron chi connectivity index (χ2n) is 2.66. The van der Waals surface area contributed by atoms with Gasteiger partial charge in [0.05, 0.1) is 17.3 Å². The molecule has 13 heavy (non-hydrogen) atoms. The summed E-state index contributed by atoms with van der Waals surface area (Å²) in [7, 11) is 0. The second kappa shape index (κ2) is 2.49. The van der Waals surface area contributed by atoms with Crippen molar-refractivity contribution in [2.24, 2.45) is 0 Å². The molecule has 0 atom stereocenters. The van der Waals surface area contributed by atoms with Gasteiger partial charge in [0.25, 0.3) is 0 Å². The van der Waals surface area contributed by atoms with Gasteiger partial charge in [-0.3, -0.25) is 0 Å². The van der Waals surface area contributed by atoms with Crippen molar-refractivity contribution in [3.63, 3.8) is 0 Å². The minimum Gasteiger partial charge on any atom is -0.428 e. The number of hydrogen-bond acceptors (Lipinski definition) is 2. The molecule has 64 valence electrons. The van der Waals surface area contributed by atoms with Crippen molar-refractivity contribution in [3.8, 4) is 6.07 Å². The van der Waals surface area contributed by atoms with E-state index in [2.05, 4.69) is 0 Å². The SMILES string of the molecule is N#Cc1cn(O)c2ccc(F)cc12. The summed E-state index contributed by atoms with van der Waals surface area (Å²) in [6.07, 6.45) is 1.25. The van der Waals surface area contributed by atoms with E-state index in [9.17, 15) is 9.60 Å². The molecule has 1 N–H and O–H groups in total. The zero-order valence-electron chi connectivity index (χ0n) is 6.53. The lowest BCUT2D eigenvalue weighted by molar-refractivity contribution is 0.200. The van der Waals surface area contributed by atoms with E-state index < -0.39 is 5.82 Å². The molecule has 0 amide bonds. The lowest BCUT2D eigenvalue weighted by Crippen LogP contribution is -1.85. The summed E-state index contributed by atoms with van der Waals surface area (Å²) in [6, 6.07) is 5.75. The molecule has 0 saturated heterocycles. The van der Waals surface area contributed by atoms with E-state index in [0.29, 0.717) is 10.9 Å². The van der Waals surface area contributed by atoms with Crippen LogP contribution in [0.4, 0.5) is 4.39 Å². The standard InChI is InChI=1S/C9H5FN2O/c10-7-1-2-9-8(3-7)6(4-11)5-12(9)13/h1-3,5,13H. The zero-order valence-corrected chi connectivity index (χ0v) is 6.53. The summed E-state index contributed by atoms with van der Waals surface area (Å²) < 4.78 is 13.6. The summed E-state index contributed by atoms with van der Waals surface area (Å²) in [5, 5.41) is 18.3.